The van der Waals surface area contributed by atoms with Gasteiger partial charge in [0.1, 0.15) is 0 Å². The minimum Gasteiger partial charge on any atom is -0.353 e. The Balaban J connectivity index is 1.54. The van der Waals surface area contributed by atoms with E-state index in [-0.39, 0.29) is 0 Å². The van der Waals surface area contributed by atoms with Crippen molar-refractivity contribution in [2.75, 3.05) is 6.54 Å². The second-order valence-corrected chi connectivity index (χ2v) is 6.95. The molecule has 0 aromatic rings. The normalized spacial score (nSPS) is 31.5. The zero-order chi connectivity index (χ0) is 13.1. The molecule has 19 heavy (non-hydrogen) atoms. The predicted molar refractivity (Wildman–Crippen MR) is 76.9 cm³/mol. The summed E-state index contributed by atoms with van der Waals surface area (Å²) in [6.07, 6.45) is 13.7. The molecular weight excluding hydrogens is 236 g/mol. The molecule has 3 nitrogen and oxygen atoms in total. The van der Waals surface area contributed by atoms with E-state index in [4.69, 9.17) is 0 Å². The van der Waals surface area contributed by atoms with Crippen molar-refractivity contribution >= 4 is 5.91 Å². The van der Waals surface area contributed by atoms with E-state index in [1.165, 1.54) is 44.9 Å². The Morgan fingerprint density at radius 2 is 1.74 bits per heavy atom. The molecule has 1 saturated heterocycles. The fourth-order valence-corrected chi connectivity index (χ4v) is 4.40. The van der Waals surface area contributed by atoms with Gasteiger partial charge in [0.25, 0.3) is 0 Å². The van der Waals surface area contributed by atoms with Gasteiger partial charge in [-0.1, -0.05) is 32.1 Å². The molecule has 2 N–H and O–H groups in total. The van der Waals surface area contributed by atoms with Gasteiger partial charge in [0, 0.05) is 17.5 Å². The number of nitrogens with one attached hydrogen (secondary N) is 2. The average Bonchev–Trinajstić information content (AvgIpc) is 2.93. The molecular formula is C16H28N2O. The summed E-state index contributed by atoms with van der Waals surface area (Å²) in [6.45, 7) is 1.08. The lowest BCUT2D eigenvalue weighted by Gasteiger charge is -2.45. The number of hydrogen-bond donors (Lipinski definition) is 2. The molecule has 3 aliphatic rings. The van der Waals surface area contributed by atoms with Crippen LogP contribution in [0.15, 0.2) is 0 Å². The summed E-state index contributed by atoms with van der Waals surface area (Å²) in [5.41, 5.74) is 0.351. The molecule has 108 valence electrons. The molecule has 2 saturated carbocycles. The SMILES string of the molecule is O=C(NC1CCNC2(CCCCC2)C1)C1CCCC1. The van der Waals surface area contributed by atoms with Crippen molar-refractivity contribution in [3.8, 4) is 0 Å². The molecule has 0 aromatic carbocycles. The fraction of sp³-hybridized carbons (Fsp3) is 0.938. The first kappa shape index (κ1) is 13.4. The zero-order valence-corrected chi connectivity index (χ0v) is 12.0. The van der Waals surface area contributed by atoms with Gasteiger partial charge in [-0.25, -0.2) is 0 Å². The van der Waals surface area contributed by atoms with E-state index in [0.717, 1.165) is 32.2 Å². The maximum Gasteiger partial charge on any atom is 0.223 e. The van der Waals surface area contributed by atoms with Crippen molar-refractivity contribution in [2.45, 2.75) is 82.2 Å². The third kappa shape index (κ3) is 3.13. The highest BCUT2D eigenvalue weighted by atomic mass is 16.1. The smallest absolute Gasteiger partial charge is 0.223 e. The summed E-state index contributed by atoms with van der Waals surface area (Å²) in [7, 11) is 0. The average molecular weight is 264 g/mol. The molecule has 0 radical (unpaired) electrons. The fourth-order valence-electron chi connectivity index (χ4n) is 4.40. The molecule has 1 atom stereocenters. The van der Waals surface area contributed by atoms with Gasteiger partial charge < -0.3 is 10.6 Å². The van der Waals surface area contributed by atoms with Gasteiger partial charge in [0.2, 0.25) is 5.91 Å². The lowest BCUT2D eigenvalue weighted by Crippen LogP contribution is -2.57. The maximum atomic E-state index is 12.3. The Labute approximate surface area is 116 Å². The highest BCUT2D eigenvalue weighted by molar-refractivity contribution is 5.79. The van der Waals surface area contributed by atoms with E-state index in [1.54, 1.807) is 0 Å². The number of carbonyl (C=O) groups is 1. The molecule has 3 heteroatoms. The summed E-state index contributed by atoms with van der Waals surface area (Å²) in [5, 5.41) is 7.11. The van der Waals surface area contributed by atoms with Gasteiger partial charge in [-0.05, 0) is 45.1 Å². The first-order chi connectivity index (χ1) is 9.27. The van der Waals surface area contributed by atoms with E-state index in [9.17, 15) is 4.79 Å². The molecule has 1 spiro atoms. The summed E-state index contributed by atoms with van der Waals surface area (Å²) in [6, 6.07) is 0.424. The third-order valence-corrected chi connectivity index (χ3v) is 5.51. The second-order valence-electron chi connectivity index (χ2n) is 6.95. The van der Waals surface area contributed by atoms with E-state index in [0.29, 0.717) is 23.4 Å². The monoisotopic (exact) mass is 264 g/mol. The van der Waals surface area contributed by atoms with Gasteiger partial charge in [0.05, 0.1) is 0 Å². The molecule has 1 amide bonds. The van der Waals surface area contributed by atoms with E-state index >= 15 is 0 Å². The molecule has 3 rings (SSSR count). The number of carbonyl (C=O) groups excluding carboxylic acids is 1. The highest BCUT2D eigenvalue weighted by Crippen LogP contribution is 2.35. The van der Waals surface area contributed by atoms with Crippen LogP contribution in [0.1, 0.15) is 70.6 Å². The van der Waals surface area contributed by atoms with Crippen molar-refractivity contribution < 1.29 is 4.79 Å². The molecule has 3 fully saturated rings. The Morgan fingerprint density at radius 3 is 2.47 bits per heavy atom. The number of piperidine rings is 1. The first-order valence-electron chi connectivity index (χ1n) is 8.33. The van der Waals surface area contributed by atoms with Crippen LogP contribution in [-0.2, 0) is 4.79 Å². The van der Waals surface area contributed by atoms with Crippen LogP contribution in [-0.4, -0.2) is 24.0 Å². The van der Waals surface area contributed by atoms with Gasteiger partial charge in [0.15, 0.2) is 0 Å². The van der Waals surface area contributed by atoms with Crippen LogP contribution in [0.3, 0.4) is 0 Å². The summed E-state index contributed by atoms with van der Waals surface area (Å²) in [5.74, 6) is 0.660. The van der Waals surface area contributed by atoms with Gasteiger partial charge in [-0.2, -0.15) is 0 Å². The summed E-state index contributed by atoms with van der Waals surface area (Å²) < 4.78 is 0. The van der Waals surface area contributed by atoms with Crippen molar-refractivity contribution in [1.82, 2.24) is 10.6 Å². The Hall–Kier alpha value is -0.570. The van der Waals surface area contributed by atoms with Crippen molar-refractivity contribution in [1.29, 1.82) is 0 Å². The summed E-state index contributed by atoms with van der Waals surface area (Å²) in [4.78, 5) is 12.3. The van der Waals surface area contributed by atoms with E-state index in [1.807, 2.05) is 0 Å². The molecule has 2 aliphatic carbocycles. The predicted octanol–water partition coefficient (Wildman–Crippen LogP) is 2.75. The largest absolute Gasteiger partial charge is 0.353 e. The van der Waals surface area contributed by atoms with Crippen LogP contribution < -0.4 is 10.6 Å². The van der Waals surface area contributed by atoms with Crippen molar-refractivity contribution in [3.63, 3.8) is 0 Å². The van der Waals surface area contributed by atoms with E-state index < -0.39 is 0 Å². The molecule has 1 aliphatic heterocycles. The number of rotatable bonds is 2. The van der Waals surface area contributed by atoms with Gasteiger partial charge in [-0.15, -0.1) is 0 Å². The summed E-state index contributed by atoms with van der Waals surface area (Å²) >= 11 is 0. The Bertz CT molecular complexity index is 311. The molecule has 0 bridgehead atoms. The lowest BCUT2D eigenvalue weighted by molar-refractivity contribution is -0.125. The van der Waals surface area contributed by atoms with Crippen LogP contribution in [0, 0.1) is 5.92 Å². The quantitative estimate of drug-likeness (QED) is 0.805. The molecule has 0 aromatic heterocycles. The number of hydrogen-bond acceptors (Lipinski definition) is 2. The standard InChI is InChI=1S/C16H28N2O/c19-15(13-6-2-3-7-13)18-14-8-11-17-16(12-14)9-4-1-5-10-16/h13-14,17H,1-12H2,(H,18,19). The minimum absolute atomic E-state index is 0.317. The lowest BCUT2D eigenvalue weighted by atomic mass is 9.75. The number of amides is 1. The van der Waals surface area contributed by atoms with Crippen molar-refractivity contribution in [3.05, 3.63) is 0 Å². The highest BCUT2D eigenvalue weighted by Gasteiger charge is 2.37. The third-order valence-electron chi connectivity index (χ3n) is 5.51. The topological polar surface area (TPSA) is 41.1 Å². The molecule has 1 unspecified atom stereocenters. The Morgan fingerprint density at radius 1 is 1.00 bits per heavy atom. The van der Waals surface area contributed by atoms with Crippen LogP contribution >= 0.6 is 0 Å². The van der Waals surface area contributed by atoms with Crippen LogP contribution in [0.4, 0.5) is 0 Å². The van der Waals surface area contributed by atoms with Gasteiger partial charge >= 0.3 is 0 Å². The van der Waals surface area contributed by atoms with Crippen LogP contribution in [0.2, 0.25) is 0 Å². The minimum atomic E-state index is 0.317. The maximum absolute atomic E-state index is 12.3. The van der Waals surface area contributed by atoms with E-state index in [2.05, 4.69) is 10.6 Å². The van der Waals surface area contributed by atoms with Gasteiger partial charge in [-0.3, -0.25) is 4.79 Å². The first-order valence-corrected chi connectivity index (χ1v) is 8.33. The van der Waals surface area contributed by atoms with Crippen LogP contribution in [0.5, 0.6) is 0 Å². The van der Waals surface area contributed by atoms with Crippen molar-refractivity contribution in [2.24, 2.45) is 5.92 Å². The van der Waals surface area contributed by atoms with Crippen LogP contribution in [0.25, 0.3) is 0 Å². The Kier molecular flexibility index (Phi) is 4.11. The zero-order valence-electron chi connectivity index (χ0n) is 12.0. The second kappa shape index (κ2) is 5.82. The molecule has 1 heterocycles.